The van der Waals surface area contributed by atoms with Crippen LogP contribution >= 0.6 is 0 Å². The van der Waals surface area contributed by atoms with Crippen LogP contribution in [0.25, 0.3) is 0 Å². The van der Waals surface area contributed by atoms with Crippen molar-refractivity contribution in [1.29, 1.82) is 0 Å². The molecule has 0 heterocycles. The Morgan fingerprint density at radius 1 is 0.714 bits per heavy atom. The van der Waals surface area contributed by atoms with E-state index >= 15 is 0 Å². The fourth-order valence-corrected chi connectivity index (χ4v) is 1.13. The molecule has 0 aromatic heterocycles. The number of unbranched alkanes of at least 4 members (excludes halogenated alkanes) is 7. The molecule has 0 amide bonds. The molecule has 0 aromatic carbocycles. The zero-order valence-corrected chi connectivity index (χ0v) is 11.8. The molecule has 0 saturated carbocycles. The second kappa shape index (κ2) is 29.2. The van der Waals surface area contributed by atoms with Gasteiger partial charge >= 0.3 is 0 Å². The molecule has 0 rings (SSSR count). The third-order valence-electron chi connectivity index (χ3n) is 1.85. The molecule has 3 nitrogen and oxygen atoms in total. The quantitative estimate of drug-likeness (QED) is 0.501. The Bertz CT molecular complexity index is 55.3. The van der Waals surface area contributed by atoms with E-state index in [0.29, 0.717) is 0 Å². The standard InChI is InChI=1S/C10H21.3H2O.Zr/c1-3-5-7-9-10-8-6-4-2;;;;/h1,3-10H2,2H3;3*1H2;/q-1;;;;. The summed E-state index contributed by atoms with van der Waals surface area (Å²) in [4.78, 5) is 0. The topological polar surface area (TPSA) is 94.5 Å². The minimum absolute atomic E-state index is 0. The SMILES string of the molecule is O.O.O.[CH2-]CCCCCCCCC.[Zr]. The first-order chi connectivity index (χ1) is 4.91. The average molecular weight is 287 g/mol. The Morgan fingerprint density at radius 3 is 1.43 bits per heavy atom. The van der Waals surface area contributed by atoms with E-state index in [1.54, 1.807) is 0 Å². The van der Waals surface area contributed by atoms with E-state index in [1.807, 2.05) is 0 Å². The second-order valence-corrected chi connectivity index (χ2v) is 2.97. The summed E-state index contributed by atoms with van der Waals surface area (Å²) in [5.74, 6) is 0. The molecule has 6 N–H and O–H groups in total. The van der Waals surface area contributed by atoms with E-state index in [4.69, 9.17) is 0 Å². The van der Waals surface area contributed by atoms with Crippen molar-refractivity contribution in [2.24, 2.45) is 0 Å². The molecule has 0 radical (unpaired) electrons. The Labute approximate surface area is 108 Å². The maximum Gasteiger partial charge on any atom is 0 e. The summed E-state index contributed by atoms with van der Waals surface area (Å²) in [6.45, 7) is 6.08. The van der Waals surface area contributed by atoms with E-state index in [2.05, 4.69) is 13.8 Å². The Hall–Kier alpha value is 0.763. The van der Waals surface area contributed by atoms with Gasteiger partial charge in [-0.05, 0) is 0 Å². The van der Waals surface area contributed by atoms with Gasteiger partial charge in [0.2, 0.25) is 0 Å². The van der Waals surface area contributed by atoms with Gasteiger partial charge in [-0.3, -0.25) is 0 Å². The molecule has 0 aromatic rings. The van der Waals surface area contributed by atoms with Crippen LogP contribution in [0.2, 0.25) is 0 Å². The monoisotopic (exact) mass is 285 g/mol. The van der Waals surface area contributed by atoms with Gasteiger partial charge in [0.1, 0.15) is 0 Å². The first-order valence-corrected chi connectivity index (χ1v) is 4.71. The molecule has 90 valence electrons. The van der Waals surface area contributed by atoms with Crippen molar-refractivity contribution in [3.63, 3.8) is 0 Å². The van der Waals surface area contributed by atoms with Gasteiger partial charge in [0.15, 0.2) is 0 Å². The van der Waals surface area contributed by atoms with Crippen molar-refractivity contribution in [2.75, 3.05) is 0 Å². The van der Waals surface area contributed by atoms with Crippen molar-refractivity contribution in [1.82, 2.24) is 0 Å². The Balaban J connectivity index is -0.0000000675. The van der Waals surface area contributed by atoms with Crippen LogP contribution in [0.15, 0.2) is 0 Å². The summed E-state index contributed by atoms with van der Waals surface area (Å²) < 4.78 is 0. The fourth-order valence-electron chi connectivity index (χ4n) is 1.13. The van der Waals surface area contributed by atoms with Crippen LogP contribution < -0.4 is 0 Å². The largest absolute Gasteiger partial charge is 0.412 e. The predicted molar refractivity (Wildman–Crippen MR) is 58.8 cm³/mol. The van der Waals surface area contributed by atoms with E-state index in [1.165, 1.54) is 44.9 Å². The first-order valence-electron chi connectivity index (χ1n) is 4.71. The molecular formula is C10H27O3Zr-. The summed E-state index contributed by atoms with van der Waals surface area (Å²) in [5, 5.41) is 0. The minimum atomic E-state index is 0. The van der Waals surface area contributed by atoms with Gasteiger partial charge in [-0.15, -0.1) is 0 Å². The summed E-state index contributed by atoms with van der Waals surface area (Å²) in [5.41, 5.74) is 0. The van der Waals surface area contributed by atoms with Crippen LogP contribution in [0, 0.1) is 6.92 Å². The maximum absolute atomic E-state index is 3.82. The van der Waals surface area contributed by atoms with Crippen LogP contribution in [0.4, 0.5) is 0 Å². The van der Waals surface area contributed by atoms with Crippen molar-refractivity contribution in [3.05, 3.63) is 6.92 Å². The van der Waals surface area contributed by atoms with E-state index in [-0.39, 0.29) is 42.6 Å². The molecule has 0 aliphatic heterocycles. The van der Waals surface area contributed by atoms with E-state index in [0.717, 1.165) is 6.42 Å². The second-order valence-electron chi connectivity index (χ2n) is 2.97. The van der Waals surface area contributed by atoms with Crippen LogP contribution in [0.5, 0.6) is 0 Å². The Kier molecular flexibility index (Phi) is 61.2. The van der Waals surface area contributed by atoms with Gasteiger partial charge in [0, 0.05) is 26.2 Å². The number of rotatable bonds is 7. The van der Waals surface area contributed by atoms with Gasteiger partial charge in [0.25, 0.3) is 0 Å². The maximum atomic E-state index is 3.82. The summed E-state index contributed by atoms with van der Waals surface area (Å²) in [7, 11) is 0. The number of hydrogen-bond donors (Lipinski definition) is 0. The summed E-state index contributed by atoms with van der Waals surface area (Å²) >= 11 is 0. The fraction of sp³-hybridized carbons (Fsp3) is 0.900. The van der Waals surface area contributed by atoms with Gasteiger partial charge in [-0.1, -0.05) is 51.9 Å². The number of hydrogen-bond acceptors (Lipinski definition) is 0. The molecule has 14 heavy (non-hydrogen) atoms. The Morgan fingerprint density at radius 2 is 1.07 bits per heavy atom. The van der Waals surface area contributed by atoms with Crippen molar-refractivity contribution in [3.8, 4) is 0 Å². The molecule has 0 fully saturated rings. The van der Waals surface area contributed by atoms with Gasteiger partial charge in [-0.25, -0.2) is 0 Å². The van der Waals surface area contributed by atoms with Gasteiger partial charge < -0.3 is 23.4 Å². The summed E-state index contributed by atoms with van der Waals surface area (Å²) in [6.07, 6.45) is 10.9. The van der Waals surface area contributed by atoms with Crippen molar-refractivity contribution in [2.45, 2.75) is 58.3 Å². The summed E-state index contributed by atoms with van der Waals surface area (Å²) in [6, 6.07) is 0. The van der Waals surface area contributed by atoms with E-state index < -0.39 is 0 Å². The normalized spacial score (nSPS) is 7.29. The molecule has 0 aliphatic carbocycles. The third kappa shape index (κ3) is 29.3. The van der Waals surface area contributed by atoms with Crippen LogP contribution in [0.3, 0.4) is 0 Å². The zero-order valence-electron chi connectivity index (χ0n) is 9.36. The molecule has 0 bridgehead atoms. The van der Waals surface area contributed by atoms with Gasteiger partial charge in [0.05, 0.1) is 0 Å². The van der Waals surface area contributed by atoms with Crippen LogP contribution in [0.1, 0.15) is 58.3 Å². The van der Waals surface area contributed by atoms with Gasteiger partial charge in [-0.2, -0.15) is 6.42 Å². The third-order valence-corrected chi connectivity index (χ3v) is 1.85. The first kappa shape index (κ1) is 29.3. The molecule has 0 unspecified atom stereocenters. The zero-order chi connectivity index (χ0) is 7.66. The molecule has 0 spiro atoms. The molecular weight excluding hydrogens is 259 g/mol. The van der Waals surface area contributed by atoms with Crippen molar-refractivity contribution >= 4 is 0 Å². The predicted octanol–water partition coefficient (Wildman–Crippen LogP) is 1.48. The average Bonchev–Trinajstić information content (AvgIpc) is 1.97. The van der Waals surface area contributed by atoms with Crippen molar-refractivity contribution < 1.29 is 42.6 Å². The van der Waals surface area contributed by atoms with Crippen LogP contribution in [-0.2, 0) is 26.2 Å². The molecule has 4 heteroatoms. The van der Waals surface area contributed by atoms with Crippen LogP contribution in [-0.4, -0.2) is 16.4 Å². The smallest absolute Gasteiger partial charge is 0 e. The minimum Gasteiger partial charge on any atom is -0.412 e. The molecule has 0 saturated heterocycles. The van der Waals surface area contributed by atoms with E-state index in [9.17, 15) is 0 Å². The molecule has 0 aliphatic rings. The molecule has 0 atom stereocenters.